The summed E-state index contributed by atoms with van der Waals surface area (Å²) in [5.74, 6) is -0.380. The molecule has 63 heavy (non-hydrogen) atoms. The van der Waals surface area contributed by atoms with Crippen LogP contribution in [0.25, 0.3) is 50.1 Å². The number of nitrogens with zero attached hydrogens (tertiary/aromatic N) is 10. The van der Waals surface area contributed by atoms with Crippen LogP contribution >= 0.6 is 0 Å². The normalized spacial score (nSPS) is 14.5. The maximum atomic E-state index is 15.3. The molecule has 316 valence electrons. The van der Waals surface area contributed by atoms with Crippen molar-refractivity contribution in [2.45, 2.75) is 65.5 Å². The summed E-state index contributed by atoms with van der Waals surface area (Å²) < 4.78 is 28.6. The smallest absolute Gasteiger partial charge is 0.332 e. The number of hydrogen-bond donors (Lipinski definition) is 1. The maximum Gasteiger partial charge on any atom is 0.438 e. The second-order valence-corrected chi connectivity index (χ2v) is 16.8. The molecule has 6 aromatic heterocycles. The minimum atomic E-state index is -0.799. The highest BCUT2D eigenvalue weighted by atomic mass is 19.1. The van der Waals surface area contributed by atoms with E-state index in [0.717, 1.165) is 56.3 Å². The molecule has 9 aromatic rings. The van der Waals surface area contributed by atoms with E-state index in [1.54, 1.807) is 68.0 Å². The first-order valence-corrected chi connectivity index (χ1v) is 21.0. The number of halogens is 1. The monoisotopic (exact) mass is 843 g/mol. The molecule has 1 saturated carbocycles. The van der Waals surface area contributed by atoms with E-state index in [9.17, 15) is 9.59 Å². The van der Waals surface area contributed by atoms with Crippen LogP contribution in [0.1, 0.15) is 69.7 Å². The molecule has 0 spiro atoms. The number of nitrogens with one attached hydrogen (secondary N) is 1. The van der Waals surface area contributed by atoms with E-state index in [4.69, 9.17) is 9.62 Å². The Balaban J connectivity index is 1.04. The summed E-state index contributed by atoms with van der Waals surface area (Å²) in [6.07, 6.45) is 9.48. The van der Waals surface area contributed by atoms with E-state index in [-0.39, 0.29) is 24.0 Å². The van der Waals surface area contributed by atoms with Gasteiger partial charge in [-0.25, -0.2) is 18.7 Å². The van der Waals surface area contributed by atoms with Crippen LogP contribution in [0, 0.1) is 26.6 Å². The summed E-state index contributed by atoms with van der Waals surface area (Å²) >= 11 is 0. The van der Waals surface area contributed by atoms with Gasteiger partial charge in [-0.2, -0.15) is 10.2 Å². The molecule has 2 aliphatic rings. The number of aromatic amines is 1. The average Bonchev–Trinajstić information content (AvgIpc) is 3.73. The molecule has 15 nitrogen and oxygen atoms in total. The van der Waals surface area contributed by atoms with E-state index in [0.29, 0.717) is 71.2 Å². The van der Waals surface area contributed by atoms with Gasteiger partial charge in [0.1, 0.15) is 22.9 Å². The van der Waals surface area contributed by atoms with Crippen LogP contribution in [0.15, 0.2) is 99.6 Å². The SMILES string of the molecule is CCc1nccc(-c2ccc3c(c2)cc(C(=O)N2CCc4nn(-c5cc(C)c(F)c(C)c5)c(-n5ccn(-c6ccc7c(cnn7C)c6)c5=O)c4C2)n3C2(c3noc(=O)[nH]3)CC2)c1C. The Bertz CT molecular complexity index is 3460. The highest BCUT2D eigenvalue weighted by Gasteiger charge is 2.52. The second kappa shape index (κ2) is 14.0. The van der Waals surface area contributed by atoms with Crippen molar-refractivity contribution in [2.24, 2.45) is 7.05 Å². The minimum absolute atomic E-state index is 0.137. The van der Waals surface area contributed by atoms with E-state index in [2.05, 4.69) is 46.2 Å². The number of imidazole rings is 1. The molecular formula is C47H42FN11O4. The molecule has 0 bridgehead atoms. The Labute approximate surface area is 358 Å². The molecule has 16 heteroatoms. The summed E-state index contributed by atoms with van der Waals surface area (Å²) in [6, 6.07) is 19.3. The number of pyridine rings is 1. The lowest BCUT2D eigenvalue weighted by molar-refractivity contribution is 0.0721. The molecule has 3 aromatic carbocycles. The van der Waals surface area contributed by atoms with Crippen molar-refractivity contribution < 1.29 is 13.7 Å². The molecule has 1 amide bonds. The third kappa shape index (κ3) is 5.87. The lowest BCUT2D eigenvalue weighted by Gasteiger charge is -2.28. The van der Waals surface area contributed by atoms with Gasteiger partial charge in [0.15, 0.2) is 5.82 Å². The fourth-order valence-corrected chi connectivity index (χ4v) is 9.57. The van der Waals surface area contributed by atoms with Crippen LogP contribution in [0.4, 0.5) is 4.39 Å². The number of rotatable bonds is 8. The number of fused-ring (bicyclic) bond motifs is 3. The zero-order valence-electron chi connectivity index (χ0n) is 35.3. The first kappa shape index (κ1) is 38.3. The lowest BCUT2D eigenvalue weighted by atomic mass is 9.98. The lowest BCUT2D eigenvalue weighted by Crippen LogP contribution is -2.38. The fourth-order valence-electron chi connectivity index (χ4n) is 9.57. The van der Waals surface area contributed by atoms with Gasteiger partial charge in [0.05, 0.1) is 35.3 Å². The van der Waals surface area contributed by atoms with Crippen molar-refractivity contribution in [2.75, 3.05) is 6.54 Å². The van der Waals surface area contributed by atoms with Crippen molar-refractivity contribution in [1.29, 1.82) is 0 Å². The first-order valence-electron chi connectivity index (χ1n) is 21.0. The molecule has 1 aliphatic carbocycles. The van der Waals surface area contributed by atoms with Crippen LogP contribution in [-0.2, 0) is 32.0 Å². The predicted molar refractivity (Wildman–Crippen MR) is 233 cm³/mol. The molecule has 1 fully saturated rings. The van der Waals surface area contributed by atoms with E-state index in [1.165, 1.54) is 0 Å². The van der Waals surface area contributed by atoms with Crippen LogP contribution in [0.2, 0.25) is 0 Å². The number of aromatic nitrogens is 10. The van der Waals surface area contributed by atoms with Crippen LogP contribution in [0.3, 0.4) is 0 Å². The third-order valence-electron chi connectivity index (χ3n) is 13.0. The molecule has 0 saturated heterocycles. The van der Waals surface area contributed by atoms with Gasteiger partial charge in [-0.05, 0) is 122 Å². The first-order chi connectivity index (χ1) is 30.4. The second-order valence-electron chi connectivity index (χ2n) is 16.8. The van der Waals surface area contributed by atoms with Crippen LogP contribution in [0.5, 0.6) is 0 Å². The maximum absolute atomic E-state index is 15.3. The van der Waals surface area contributed by atoms with Gasteiger partial charge in [-0.15, -0.1) is 0 Å². The number of benzene rings is 3. The topological polar surface area (TPSA) is 160 Å². The molecule has 1 aliphatic heterocycles. The summed E-state index contributed by atoms with van der Waals surface area (Å²) in [5, 5.41) is 15.3. The summed E-state index contributed by atoms with van der Waals surface area (Å²) in [6.45, 7) is 8.06. The zero-order chi connectivity index (χ0) is 43.5. The minimum Gasteiger partial charge on any atom is -0.332 e. The highest BCUT2D eigenvalue weighted by Crippen LogP contribution is 2.51. The number of carbonyl (C=O) groups is 1. The summed E-state index contributed by atoms with van der Waals surface area (Å²) in [4.78, 5) is 51.3. The number of amides is 1. The van der Waals surface area contributed by atoms with E-state index < -0.39 is 11.3 Å². The quantitative estimate of drug-likeness (QED) is 0.176. The molecule has 1 N–H and O–H groups in total. The van der Waals surface area contributed by atoms with Gasteiger partial charge in [0.25, 0.3) is 5.91 Å². The van der Waals surface area contributed by atoms with Gasteiger partial charge < -0.3 is 9.47 Å². The Morgan fingerprint density at radius 2 is 1.70 bits per heavy atom. The van der Waals surface area contributed by atoms with Crippen molar-refractivity contribution >= 4 is 27.7 Å². The predicted octanol–water partition coefficient (Wildman–Crippen LogP) is 6.76. The number of carbonyl (C=O) groups excluding carboxylic acids is 1. The number of hydrogen-bond acceptors (Lipinski definition) is 8. The standard InChI is InChI=1S/C47H42FN11O4/c1-6-36-28(4)34(11-15-49-36)29-7-9-39-30(21-29)23-40(58(39)47(13-14-47)44-51-45(61)63-53-44)43(60)55-16-12-37-35(25-55)42(59(52-37)33-19-26(2)41(48)27(3)20-33)57-18-17-56(46(57)62)32-8-10-38-31(22-32)24-50-54(38)5/h7-11,15,17-24H,6,12-14,16,25H2,1-5H3,(H,51,53,61). The van der Waals surface area contributed by atoms with Crippen molar-refractivity contribution in [3.8, 4) is 28.3 Å². The fraction of sp³-hybridized carbons (Fsp3) is 0.255. The molecule has 0 radical (unpaired) electrons. The van der Waals surface area contributed by atoms with Crippen molar-refractivity contribution in [1.82, 2.24) is 53.3 Å². The van der Waals surface area contributed by atoms with Gasteiger partial charge in [0.2, 0.25) is 0 Å². The largest absolute Gasteiger partial charge is 0.438 e. The third-order valence-corrected chi connectivity index (χ3v) is 13.0. The van der Waals surface area contributed by atoms with Crippen molar-refractivity contribution in [3.63, 3.8) is 0 Å². The molecule has 0 unspecified atom stereocenters. The Morgan fingerprint density at radius 1 is 0.921 bits per heavy atom. The van der Waals surface area contributed by atoms with Gasteiger partial charge in [0, 0.05) is 66.2 Å². The molecule has 11 rings (SSSR count). The van der Waals surface area contributed by atoms with Crippen molar-refractivity contribution in [3.05, 3.63) is 157 Å². The molecular weight excluding hydrogens is 802 g/mol. The number of aryl methyl sites for hydroxylation is 4. The van der Waals surface area contributed by atoms with E-state index in [1.807, 2.05) is 54.2 Å². The van der Waals surface area contributed by atoms with Gasteiger partial charge in [-0.1, -0.05) is 18.1 Å². The van der Waals surface area contributed by atoms with Gasteiger partial charge >= 0.3 is 11.4 Å². The van der Waals surface area contributed by atoms with Gasteiger partial charge in [-0.3, -0.25) is 33.1 Å². The average molecular weight is 844 g/mol. The molecule has 7 heterocycles. The highest BCUT2D eigenvalue weighted by molar-refractivity contribution is 6.00. The van der Waals surface area contributed by atoms with Crippen LogP contribution in [-0.4, -0.2) is 65.7 Å². The summed E-state index contributed by atoms with van der Waals surface area (Å²) in [7, 11) is 1.87. The summed E-state index contributed by atoms with van der Waals surface area (Å²) in [5.41, 5.74) is 8.79. The van der Waals surface area contributed by atoms with E-state index >= 15 is 9.18 Å². The van der Waals surface area contributed by atoms with Crippen LogP contribution < -0.4 is 11.4 Å². The Kier molecular flexibility index (Phi) is 8.49. The zero-order valence-corrected chi connectivity index (χ0v) is 35.3. The Hall–Kier alpha value is -7.62. The number of H-pyrrole nitrogens is 1. The molecule has 0 atom stereocenters. The Morgan fingerprint density at radius 3 is 2.44 bits per heavy atom.